The molecule has 0 bridgehead atoms. The molecular formula is C18H21ClN4O2. The van der Waals surface area contributed by atoms with Gasteiger partial charge in [0.15, 0.2) is 11.0 Å². The van der Waals surface area contributed by atoms with E-state index in [4.69, 9.17) is 16.3 Å². The van der Waals surface area contributed by atoms with Crippen molar-refractivity contribution in [1.82, 2.24) is 15.5 Å². The van der Waals surface area contributed by atoms with Gasteiger partial charge in [0, 0.05) is 19.0 Å². The fraction of sp³-hybridized carbons (Fsp3) is 0.389. The van der Waals surface area contributed by atoms with Gasteiger partial charge in [-0.3, -0.25) is 4.79 Å². The number of hydrogen-bond donors (Lipinski definition) is 1. The standard InChI is InChI=1S/C18H21ClN4O2/c19-16-6-7-17(22-21-16)23-11-8-14(9-12-23)18(24)20-10-13-25-15-4-2-1-3-5-15/h1-7,14H,8-13H2,(H,20,24). The quantitative estimate of drug-likeness (QED) is 0.802. The second-order valence-electron chi connectivity index (χ2n) is 5.93. The molecule has 3 rings (SSSR count). The number of anilines is 1. The zero-order chi connectivity index (χ0) is 17.5. The largest absolute Gasteiger partial charge is 0.492 e. The summed E-state index contributed by atoms with van der Waals surface area (Å²) in [5.41, 5.74) is 0. The molecule has 0 spiro atoms. The summed E-state index contributed by atoms with van der Waals surface area (Å²) < 4.78 is 5.58. The SMILES string of the molecule is O=C(NCCOc1ccccc1)C1CCN(c2ccc(Cl)nn2)CC1. The van der Waals surface area contributed by atoms with Gasteiger partial charge >= 0.3 is 0 Å². The lowest BCUT2D eigenvalue weighted by Gasteiger charge is -2.31. The van der Waals surface area contributed by atoms with Crippen LogP contribution in [-0.2, 0) is 4.79 Å². The lowest BCUT2D eigenvalue weighted by atomic mass is 9.96. The Morgan fingerprint density at radius 2 is 1.92 bits per heavy atom. The van der Waals surface area contributed by atoms with Crippen LogP contribution in [-0.4, -0.2) is 42.3 Å². The average molecular weight is 361 g/mol. The molecule has 25 heavy (non-hydrogen) atoms. The second kappa shape index (κ2) is 8.67. The fourth-order valence-corrected chi connectivity index (χ4v) is 2.95. The number of carbonyl (C=O) groups is 1. The molecule has 1 aromatic heterocycles. The van der Waals surface area contributed by atoms with Crippen LogP contribution in [0.5, 0.6) is 5.75 Å². The van der Waals surface area contributed by atoms with Crippen molar-refractivity contribution in [1.29, 1.82) is 0 Å². The zero-order valence-electron chi connectivity index (χ0n) is 13.9. The molecule has 2 aromatic rings. The number of rotatable bonds is 6. The van der Waals surface area contributed by atoms with E-state index in [1.807, 2.05) is 36.4 Å². The van der Waals surface area contributed by atoms with Crippen LogP contribution in [0.2, 0.25) is 5.15 Å². The van der Waals surface area contributed by atoms with Gasteiger partial charge in [0.1, 0.15) is 12.4 Å². The Balaban J connectivity index is 1.37. The van der Waals surface area contributed by atoms with E-state index in [2.05, 4.69) is 20.4 Å². The normalized spacial score (nSPS) is 15.0. The van der Waals surface area contributed by atoms with Crippen molar-refractivity contribution in [2.45, 2.75) is 12.8 Å². The number of hydrogen-bond acceptors (Lipinski definition) is 5. The van der Waals surface area contributed by atoms with Crippen LogP contribution < -0.4 is 15.0 Å². The van der Waals surface area contributed by atoms with Gasteiger partial charge < -0.3 is 15.0 Å². The maximum Gasteiger partial charge on any atom is 0.223 e. The molecule has 1 amide bonds. The van der Waals surface area contributed by atoms with Crippen LogP contribution >= 0.6 is 11.6 Å². The molecular weight excluding hydrogens is 340 g/mol. The molecule has 0 radical (unpaired) electrons. The molecule has 1 saturated heterocycles. The fourth-order valence-electron chi connectivity index (χ4n) is 2.85. The highest BCUT2D eigenvalue weighted by Crippen LogP contribution is 2.22. The molecule has 2 heterocycles. The number of halogens is 1. The number of benzene rings is 1. The summed E-state index contributed by atoms with van der Waals surface area (Å²) in [7, 11) is 0. The molecule has 132 valence electrons. The molecule has 7 heteroatoms. The first-order valence-corrected chi connectivity index (χ1v) is 8.80. The van der Waals surface area contributed by atoms with Gasteiger partial charge in [-0.1, -0.05) is 29.8 Å². The van der Waals surface area contributed by atoms with Crippen LogP contribution in [0.4, 0.5) is 5.82 Å². The molecule has 0 aliphatic carbocycles. The van der Waals surface area contributed by atoms with Crippen molar-refractivity contribution in [3.63, 3.8) is 0 Å². The Morgan fingerprint density at radius 3 is 2.60 bits per heavy atom. The van der Waals surface area contributed by atoms with Gasteiger partial charge in [-0.05, 0) is 37.1 Å². The first kappa shape index (κ1) is 17.5. The summed E-state index contributed by atoms with van der Waals surface area (Å²) in [6.45, 7) is 2.55. The van der Waals surface area contributed by atoms with E-state index in [1.165, 1.54) is 0 Å². The first-order chi connectivity index (χ1) is 12.2. The monoisotopic (exact) mass is 360 g/mol. The Labute approximate surface area is 152 Å². The maximum atomic E-state index is 12.3. The van der Waals surface area contributed by atoms with Crippen LogP contribution in [0.25, 0.3) is 0 Å². The predicted octanol–water partition coefficient (Wildman–Crippen LogP) is 2.54. The van der Waals surface area contributed by atoms with E-state index in [0.29, 0.717) is 18.3 Å². The number of carbonyl (C=O) groups excluding carboxylic acids is 1. The third kappa shape index (κ3) is 5.06. The number of nitrogens with zero attached hydrogens (tertiary/aromatic N) is 3. The minimum absolute atomic E-state index is 0.0354. The number of nitrogens with one attached hydrogen (secondary N) is 1. The summed E-state index contributed by atoms with van der Waals surface area (Å²) in [5.74, 6) is 1.75. The van der Waals surface area contributed by atoms with Crippen LogP contribution in [0, 0.1) is 5.92 Å². The Morgan fingerprint density at radius 1 is 1.16 bits per heavy atom. The zero-order valence-corrected chi connectivity index (χ0v) is 14.7. The summed E-state index contributed by atoms with van der Waals surface area (Å²) in [5, 5.41) is 11.3. The molecule has 1 N–H and O–H groups in total. The van der Waals surface area contributed by atoms with E-state index in [0.717, 1.165) is 37.5 Å². The van der Waals surface area contributed by atoms with Gasteiger partial charge in [-0.15, -0.1) is 10.2 Å². The van der Waals surface area contributed by atoms with Gasteiger partial charge in [0.25, 0.3) is 0 Å². The number of ether oxygens (including phenoxy) is 1. The Kier molecular flexibility index (Phi) is 6.06. The van der Waals surface area contributed by atoms with Gasteiger partial charge in [0.2, 0.25) is 5.91 Å². The number of piperidine rings is 1. The number of amides is 1. The summed E-state index contributed by atoms with van der Waals surface area (Å²) in [4.78, 5) is 14.4. The lowest BCUT2D eigenvalue weighted by molar-refractivity contribution is -0.125. The van der Waals surface area contributed by atoms with E-state index >= 15 is 0 Å². The predicted molar refractivity (Wildman–Crippen MR) is 96.9 cm³/mol. The highest BCUT2D eigenvalue weighted by atomic mass is 35.5. The van der Waals surface area contributed by atoms with E-state index in [1.54, 1.807) is 6.07 Å². The van der Waals surface area contributed by atoms with E-state index in [-0.39, 0.29) is 11.8 Å². The first-order valence-electron chi connectivity index (χ1n) is 8.42. The topological polar surface area (TPSA) is 67.3 Å². The molecule has 0 unspecified atom stereocenters. The third-order valence-electron chi connectivity index (χ3n) is 4.22. The van der Waals surface area contributed by atoms with Crippen molar-refractivity contribution in [3.8, 4) is 5.75 Å². The molecule has 1 aromatic carbocycles. The summed E-state index contributed by atoms with van der Waals surface area (Å²) in [6, 6.07) is 13.2. The van der Waals surface area contributed by atoms with Crippen molar-refractivity contribution >= 4 is 23.3 Å². The van der Waals surface area contributed by atoms with Gasteiger partial charge in [0.05, 0.1) is 6.54 Å². The average Bonchev–Trinajstić information content (AvgIpc) is 2.67. The van der Waals surface area contributed by atoms with Crippen LogP contribution in [0.1, 0.15) is 12.8 Å². The van der Waals surface area contributed by atoms with Gasteiger partial charge in [-0.2, -0.15) is 0 Å². The molecule has 1 aliphatic rings. The van der Waals surface area contributed by atoms with Crippen LogP contribution in [0.3, 0.4) is 0 Å². The van der Waals surface area contributed by atoms with Crippen molar-refractivity contribution in [2.75, 3.05) is 31.1 Å². The number of para-hydroxylation sites is 1. The Hall–Kier alpha value is -2.34. The van der Waals surface area contributed by atoms with Gasteiger partial charge in [-0.25, -0.2) is 0 Å². The maximum absolute atomic E-state index is 12.3. The summed E-state index contributed by atoms with van der Waals surface area (Å²) in [6.07, 6.45) is 1.60. The molecule has 6 nitrogen and oxygen atoms in total. The molecule has 0 saturated carbocycles. The molecule has 0 atom stereocenters. The molecule has 1 fully saturated rings. The highest BCUT2D eigenvalue weighted by molar-refractivity contribution is 6.29. The third-order valence-corrected chi connectivity index (χ3v) is 4.42. The smallest absolute Gasteiger partial charge is 0.223 e. The van der Waals surface area contributed by atoms with Crippen molar-refractivity contribution in [2.24, 2.45) is 5.92 Å². The Bertz CT molecular complexity index is 673. The summed E-state index contributed by atoms with van der Waals surface area (Å²) >= 11 is 5.76. The highest BCUT2D eigenvalue weighted by Gasteiger charge is 2.25. The minimum Gasteiger partial charge on any atom is -0.492 e. The lowest BCUT2D eigenvalue weighted by Crippen LogP contribution is -2.41. The van der Waals surface area contributed by atoms with Crippen LogP contribution in [0.15, 0.2) is 42.5 Å². The van der Waals surface area contributed by atoms with E-state index in [9.17, 15) is 4.79 Å². The molecule has 1 aliphatic heterocycles. The second-order valence-corrected chi connectivity index (χ2v) is 6.32. The van der Waals surface area contributed by atoms with E-state index < -0.39 is 0 Å². The van der Waals surface area contributed by atoms with Crippen molar-refractivity contribution < 1.29 is 9.53 Å². The van der Waals surface area contributed by atoms with Crippen molar-refractivity contribution in [3.05, 3.63) is 47.6 Å². The number of aromatic nitrogens is 2. The minimum atomic E-state index is 0.0354.